The molecule has 0 bridgehead atoms. The van der Waals surface area contributed by atoms with Crippen LogP contribution in [0, 0.1) is 0 Å². The second kappa shape index (κ2) is 7.49. The molecule has 0 N–H and O–H groups in total. The molecule has 0 unspecified atom stereocenters. The number of benzene rings is 1. The lowest BCUT2D eigenvalue weighted by atomic mass is 10.1. The second-order valence-corrected chi connectivity index (χ2v) is 6.33. The molecule has 0 aliphatic carbocycles. The molecule has 0 radical (unpaired) electrons. The number of aromatic nitrogens is 2. The van der Waals surface area contributed by atoms with E-state index in [4.69, 9.17) is 16.3 Å². The average molecular weight is 386 g/mol. The van der Waals surface area contributed by atoms with Gasteiger partial charge in [-0.05, 0) is 37.1 Å². The number of nitrogens with zero attached hydrogens (tertiary/aromatic N) is 3. The van der Waals surface area contributed by atoms with Gasteiger partial charge in [-0.3, -0.25) is 4.79 Å². The van der Waals surface area contributed by atoms with Crippen molar-refractivity contribution in [3.8, 4) is 6.01 Å². The molecule has 1 aliphatic heterocycles. The first-order valence-corrected chi connectivity index (χ1v) is 8.31. The molecule has 2 heterocycles. The quantitative estimate of drug-likeness (QED) is 0.805. The Hall–Kier alpha value is -2.35. The van der Waals surface area contributed by atoms with Crippen LogP contribution in [-0.4, -0.2) is 40.0 Å². The Balaban J connectivity index is 1.65. The molecule has 2 aromatic rings. The topological polar surface area (TPSA) is 55.3 Å². The summed E-state index contributed by atoms with van der Waals surface area (Å²) in [5, 5.41) is 0.389. The number of hydrogen-bond acceptors (Lipinski definition) is 4. The van der Waals surface area contributed by atoms with Crippen molar-refractivity contribution in [1.82, 2.24) is 14.9 Å². The fourth-order valence-electron chi connectivity index (χ4n) is 2.71. The summed E-state index contributed by atoms with van der Waals surface area (Å²) in [6.45, 7) is 0.826. The molecule has 1 atom stereocenters. The van der Waals surface area contributed by atoms with Crippen LogP contribution in [0.25, 0.3) is 0 Å². The SMILES string of the molecule is O=C(c1ccc(C(F)(F)F)cc1)N1CCC[C@H](Oc2ncc(Cl)cn2)C1. The third-order valence-corrected chi connectivity index (χ3v) is 4.19. The number of alkyl halides is 3. The van der Waals surface area contributed by atoms with Crippen LogP contribution in [0.3, 0.4) is 0 Å². The molecule has 0 spiro atoms. The average Bonchev–Trinajstić information content (AvgIpc) is 2.63. The summed E-state index contributed by atoms with van der Waals surface area (Å²) < 4.78 is 43.5. The summed E-state index contributed by atoms with van der Waals surface area (Å²) in [6, 6.07) is 4.37. The normalized spacial score (nSPS) is 17.8. The molecule has 1 amide bonds. The maximum atomic E-state index is 12.6. The summed E-state index contributed by atoms with van der Waals surface area (Å²) in [5.74, 6) is -0.330. The summed E-state index contributed by atoms with van der Waals surface area (Å²) in [6.07, 6.45) is -0.448. The van der Waals surface area contributed by atoms with Crippen molar-refractivity contribution in [1.29, 1.82) is 0 Å². The maximum absolute atomic E-state index is 12.6. The summed E-state index contributed by atoms with van der Waals surface area (Å²) >= 11 is 5.72. The lowest BCUT2D eigenvalue weighted by Gasteiger charge is -2.32. The standard InChI is InChI=1S/C17H15ClF3N3O2/c18-13-8-22-16(23-9-13)26-14-2-1-7-24(10-14)15(25)11-3-5-12(6-4-11)17(19,20)21/h3-6,8-9,14H,1-2,7,10H2/t14-/m0/s1. The van der Waals surface area contributed by atoms with Crippen LogP contribution in [0.5, 0.6) is 6.01 Å². The first kappa shape index (κ1) is 18.4. The fourth-order valence-corrected chi connectivity index (χ4v) is 2.81. The lowest BCUT2D eigenvalue weighted by molar-refractivity contribution is -0.137. The highest BCUT2D eigenvalue weighted by Crippen LogP contribution is 2.29. The number of amides is 1. The largest absolute Gasteiger partial charge is 0.458 e. The molecular weight excluding hydrogens is 371 g/mol. The smallest absolute Gasteiger partial charge is 0.416 e. The molecule has 1 aromatic heterocycles. The molecule has 26 heavy (non-hydrogen) atoms. The predicted molar refractivity (Wildman–Crippen MR) is 88.0 cm³/mol. The van der Waals surface area contributed by atoms with Crippen molar-refractivity contribution in [2.75, 3.05) is 13.1 Å². The lowest BCUT2D eigenvalue weighted by Crippen LogP contribution is -2.44. The Morgan fingerprint density at radius 2 is 1.85 bits per heavy atom. The van der Waals surface area contributed by atoms with Gasteiger partial charge >= 0.3 is 12.2 Å². The molecule has 1 fully saturated rings. The Morgan fingerprint density at radius 3 is 2.46 bits per heavy atom. The van der Waals surface area contributed by atoms with E-state index >= 15 is 0 Å². The van der Waals surface area contributed by atoms with Crippen LogP contribution < -0.4 is 4.74 Å². The molecule has 138 valence electrons. The number of likely N-dealkylation sites (tertiary alicyclic amines) is 1. The molecule has 0 saturated carbocycles. The zero-order chi connectivity index (χ0) is 18.7. The van der Waals surface area contributed by atoms with Gasteiger partial charge in [-0.15, -0.1) is 0 Å². The Bertz CT molecular complexity index is 766. The minimum atomic E-state index is -4.43. The highest BCUT2D eigenvalue weighted by molar-refractivity contribution is 6.30. The number of carbonyl (C=O) groups is 1. The van der Waals surface area contributed by atoms with E-state index in [1.807, 2.05) is 0 Å². The third kappa shape index (κ3) is 4.43. The van der Waals surface area contributed by atoms with E-state index in [0.29, 0.717) is 24.5 Å². The zero-order valence-corrected chi connectivity index (χ0v) is 14.3. The van der Waals surface area contributed by atoms with E-state index in [0.717, 1.165) is 18.6 Å². The molecular formula is C17H15ClF3N3O2. The van der Waals surface area contributed by atoms with Crippen molar-refractivity contribution in [3.05, 3.63) is 52.8 Å². The summed E-state index contributed by atoms with van der Waals surface area (Å²) in [4.78, 5) is 22.0. The van der Waals surface area contributed by atoms with Crippen LogP contribution in [0.15, 0.2) is 36.7 Å². The van der Waals surface area contributed by atoms with Gasteiger partial charge in [0.2, 0.25) is 0 Å². The second-order valence-electron chi connectivity index (χ2n) is 5.89. The van der Waals surface area contributed by atoms with Crippen LogP contribution in [-0.2, 0) is 6.18 Å². The first-order valence-electron chi connectivity index (χ1n) is 7.93. The monoisotopic (exact) mass is 385 g/mol. The highest BCUT2D eigenvalue weighted by atomic mass is 35.5. The van der Waals surface area contributed by atoms with E-state index < -0.39 is 11.7 Å². The third-order valence-electron chi connectivity index (χ3n) is 3.99. The van der Waals surface area contributed by atoms with Gasteiger partial charge in [-0.1, -0.05) is 11.6 Å². The van der Waals surface area contributed by atoms with Crippen molar-refractivity contribution < 1.29 is 22.7 Å². The van der Waals surface area contributed by atoms with Crippen LogP contribution >= 0.6 is 11.6 Å². The van der Waals surface area contributed by atoms with Gasteiger partial charge in [0.05, 0.1) is 29.5 Å². The van der Waals surface area contributed by atoms with Crippen molar-refractivity contribution >= 4 is 17.5 Å². The number of ether oxygens (including phenoxy) is 1. The molecule has 1 aliphatic rings. The Morgan fingerprint density at radius 1 is 1.19 bits per heavy atom. The molecule has 1 aromatic carbocycles. The van der Waals surface area contributed by atoms with Gasteiger partial charge in [0, 0.05) is 12.1 Å². The van der Waals surface area contributed by atoms with Crippen LogP contribution in [0.2, 0.25) is 5.02 Å². The zero-order valence-electron chi connectivity index (χ0n) is 13.5. The van der Waals surface area contributed by atoms with Gasteiger partial charge in [-0.25, -0.2) is 9.97 Å². The van der Waals surface area contributed by atoms with Crippen molar-refractivity contribution in [3.63, 3.8) is 0 Å². The number of rotatable bonds is 3. The summed E-state index contributed by atoms with van der Waals surface area (Å²) in [7, 11) is 0. The van der Waals surface area contributed by atoms with Gasteiger partial charge in [0.15, 0.2) is 0 Å². The summed E-state index contributed by atoms with van der Waals surface area (Å²) in [5.41, 5.74) is -0.574. The van der Waals surface area contributed by atoms with Crippen LogP contribution in [0.4, 0.5) is 13.2 Å². The van der Waals surface area contributed by atoms with Crippen LogP contribution in [0.1, 0.15) is 28.8 Å². The van der Waals surface area contributed by atoms with Crippen molar-refractivity contribution in [2.45, 2.75) is 25.1 Å². The van der Waals surface area contributed by atoms with E-state index in [2.05, 4.69) is 9.97 Å². The minimum Gasteiger partial charge on any atom is -0.458 e. The van der Waals surface area contributed by atoms with E-state index in [9.17, 15) is 18.0 Å². The highest BCUT2D eigenvalue weighted by Gasteiger charge is 2.31. The van der Waals surface area contributed by atoms with Gasteiger partial charge in [-0.2, -0.15) is 13.2 Å². The van der Waals surface area contributed by atoms with E-state index in [-0.39, 0.29) is 23.6 Å². The van der Waals surface area contributed by atoms with Gasteiger partial charge in [0.25, 0.3) is 5.91 Å². The number of halogens is 4. The number of hydrogen-bond donors (Lipinski definition) is 0. The molecule has 1 saturated heterocycles. The minimum absolute atomic E-state index is 0.170. The molecule has 5 nitrogen and oxygen atoms in total. The Labute approximate surface area is 152 Å². The van der Waals surface area contributed by atoms with E-state index in [1.165, 1.54) is 24.5 Å². The predicted octanol–water partition coefficient (Wildman–Crippen LogP) is 3.83. The fraction of sp³-hybridized carbons (Fsp3) is 0.353. The maximum Gasteiger partial charge on any atom is 0.416 e. The van der Waals surface area contributed by atoms with E-state index in [1.54, 1.807) is 4.90 Å². The van der Waals surface area contributed by atoms with Gasteiger partial charge in [0.1, 0.15) is 6.10 Å². The number of carbonyl (C=O) groups excluding carboxylic acids is 1. The van der Waals surface area contributed by atoms with Crippen molar-refractivity contribution in [2.24, 2.45) is 0 Å². The Kier molecular flexibility index (Phi) is 5.31. The first-order chi connectivity index (χ1) is 12.3. The molecule has 3 rings (SSSR count). The number of piperidine rings is 1. The van der Waals surface area contributed by atoms with Gasteiger partial charge < -0.3 is 9.64 Å². The molecule has 9 heteroatoms.